The zero-order chi connectivity index (χ0) is 14.6. The average Bonchev–Trinajstić information content (AvgIpc) is 2.48. The van der Waals surface area contributed by atoms with Gasteiger partial charge in [-0.25, -0.2) is 0 Å². The van der Waals surface area contributed by atoms with Crippen LogP contribution in [-0.4, -0.2) is 55.8 Å². The van der Waals surface area contributed by atoms with Crippen LogP contribution in [0, 0.1) is 0 Å². The maximum Gasteiger partial charge on any atom is 0.281 e. The Morgan fingerprint density at radius 3 is 2.25 bits per heavy atom. The van der Waals surface area contributed by atoms with Crippen LogP contribution < -0.4 is 5.32 Å². The zero-order valence-electron chi connectivity index (χ0n) is 12.8. The topological polar surface area (TPSA) is 52.7 Å². The molecule has 118 valence electrons. The van der Waals surface area contributed by atoms with Crippen LogP contribution in [0.1, 0.15) is 51.9 Å². The van der Waals surface area contributed by atoms with Crippen molar-refractivity contribution in [1.29, 1.82) is 0 Å². The van der Waals surface area contributed by atoms with Crippen molar-refractivity contribution in [3.63, 3.8) is 0 Å². The second-order valence-electron chi connectivity index (χ2n) is 6.05. The SMILES string of the molecule is CCNC1CCC(N(C)S(=O)(=O)N2CCCCC2)CC1. The fourth-order valence-electron chi connectivity index (χ4n) is 3.40. The fourth-order valence-corrected chi connectivity index (χ4v) is 5.07. The van der Waals surface area contributed by atoms with Crippen molar-refractivity contribution in [3.8, 4) is 0 Å². The Hall–Kier alpha value is -0.170. The second-order valence-corrected chi connectivity index (χ2v) is 8.03. The van der Waals surface area contributed by atoms with Crippen molar-refractivity contribution < 1.29 is 8.42 Å². The van der Waals surface area contributed by atoms with E-state index in [1.807, 2.05) is 0 Å². The summed E-state index contributed by atoms with van der Waals surface area (Å²) in [5, 5.41) is 3.47. The Morgan fingerprint density at radius 1 is 1.10 bits per heavy atom. The number of rotatable bonds is 5. The van der Waals surface area contributed by atoms with Crippen molar-refractivity contribution in [3.05, 3.63) is 0 Å². The normalized spacial score (nSPS) is 29.8. The molecule has 1 aliphatic carbocycles. The van der Waals surface area contributed by atoms with E-state index < -0.39 is 10.2 Å². The highest BCUT2D eigenvalue weighted by atomic mass is 32.2. The molecule has 1 aliphatic heterocycles. The molecular weight excluding hydrogens is 274 g/mol. The summed E-state index contributed by atoms with van der Waals surface area (Å²) in [6.45, 7) is 4.51. The lowest BCUT2D eigenvalue weighted by Gasteiger charge is -2.37. The summed E-state index contributed by atoms with van der Waals surface area (Å²) in [5.74, 6) is 0. The molecular formula is C14H29N3O2S. The predicted molar refractivity (Wildman–Crippen MR) is 81.8 cm³/mol. The van der Waals surface area contributed by atoms with Crippen molar-refractivity contribution >= 4 is 10.2 Å². The van der Waals surface area contributed by atoms with Gasteiger partial charge in [0.25, 0.3) is 10.2 Å². The van der Waals surface area contributed by atoms with E-state index in [0.29, 0.717) is 19.1 Å². The third-order valence-corrected chi connectivity index (χ3v) is 6.75. The summed E-state index contributed by atoms with van der Waals surface area (Å²) in [4.78, 5) is 0. The quantitative estimate of drug-likeness (QED) is 0.839. The summed E-state index contributed by atoms with van der Waals surface area (Å²) >= 11 is 0. The van der Waals surface area contributed by atoms with Crippen molar-refractivity contribution in [2.45, 2.75) is 64.0 Å². The number of nitrogens with zero attached hydrogens (tertiary/aromatic N) is 2. The highest BCUT2D eigenvalue weighted by Crippen LogP contribution is 2.26. The number of nitrogens with one attached hydrogen (secondary N) is 1. The van der Waals surface area contributed by atoms with Crippen LogP contribution in [0.5, 0.6) is 0 Å². The molecule has 1 saturated carbocycles. The molecule has 5 nitrogen and oxygen atoms in total. The number of piperidine rings is 1. The Balaban J connectivity index is 1.91. The van der Waals surface area contributed by atoms with Crippen LogP contribution in [0.3, 0.4) is 0 Å². The van der Waals surface area contributed by atoms with Gasteiger partial charge >= 0.3 is 0 Å². The first-order valence-electron chi connectivity index (χ1n) is 8.02. The summed E-state index contributed by atoms with van der Waals surface area (Å²) in [6.07, 6.45) is 7.27. The third kappa shape index (κ3) is 3.72. The van der Waals surface area contributed by atoms with Crippen molar-refractivity contribution in [2.24, 2.45) is 0 Å². The fraction of sp³-hybridized carbons (Fsp3) is 1.00. The Labute approximate surface area is 123 Å². The second kappa shape index (κ2) is 7.20. The van der Waals surface area contributed by atoms with Gasteiger partial charge in [0.15, 0.2) is 0 Å². The van der Waals surface area contributed by atoms with E-state index in [9.17, 15) is 8.42 Å². The molecule has 0 bridgehead atoms. The van der Waals surface area contributed by atoms with E-state index in [-0.39, 0.29) is 6.04 Å². The standard InChI is InChI=1S/C14H29N3O2S/c1-3-15-13-7-9-14(10-8-13)16(2)20(18,19)17-11-5-4-6-12-17/h13-15H,3-12H2,1-2H3. The molecule has 0 aromatic rings. The van der Waals surface area contributed by atoms with Gasteiger partial charge in [-0.15, -0.1) is 0 Å². The van der Waals surface area contributed by atoms with Gasteiger partial charge < -0.3 is 5.32 Å². The van der Waals surface area contributed by atoms with E-state index in [2.05, 4.69) is 12.2 Å². The summed E-state index contributed by atoms with van der Waals surface area (Å²) < 4.78 is 28.6. The van der Waals surface area contributed by atoms with Crippen molar-refractivity contribution in [1.82, 2.24) is 13.9 Å². The summed E-state index contributed by atoms with van der Waals surface area (Å²) in [6, 6.07) is 0.749. The van der Waals surface area contributed by atoms with Gasteiger partial charge in [-0.2, -0.15) is 17.0 Å². The average molecular weight is 303 g/mol. The van der Waals surface area contributed by atoms with Crippen LogP contribution in [0.2, 0.25) is 0 Å². The smallest absolute Gasteiger partial charge is 0.281 e. The number of hydrogen-bond acceptors (Lipinski definition) is 3. The molecule has 0 spiro atoms. The van der Waals surface area contributed by atoms with Crippen LogP contribution in [0.15, 0.2) is 0 Å². The lowest BCUT2D eigenvalue weighted by molar-refractivity contribution is 0.230. The molecule has 2 rings (SSSR count). The number of hydrogen-bond donors (Lipinski definition) is 1. The van der Waals surface area contributed by atoms with E-state index in [1.165, 1.54) is 0 Å². The van der Waals surface area contributed by atoms with Gasteiger partial charge in [0.05, 0.1) is 0 Å². The van der Waals surface area contributed by atoms with Gasteiger partial charge in [0, 0.05) is 32.2 Å². The van der Waals surface area contributed by atoms with Gasteiger partial charge in [0.1, 0.15) is 0 Å². The minimum atomic E-state index is -3.25. The molecule has 0 aromatic carbocycles. The maximum absolute atomic E-state index is 12.6. The zero-order valence-corrected chi connectivity index (χ0v) is 13.7. The molecule has 1 N–H and O–H groups in total. The maximum atomic E-state index is 12.6. The molecule has 0 atom stereocenters. The highest BCUT2D eigenvalue weighted by Gasteiger charge is 2.34. The summed E-state index contributed by atoms with van der Waals surface area (Å²) in [7, 11) is -1.48. The molecule has 0 radical (unpaired) electrons. The minimum Gasteiger partial charge on any atom is -0.314 e. The molecule has 20 heavy (non-hydrogen) atoms. The summed E-state index contributed by atoms with van der Waals surface area (Å²) in [5.41, 5.74) is 0. The molecule has 2 aliphatic rings. The van der Waals surface area contributed by atoms with E-state index in [1.54, 1.807) is 15.7 Å². The van der Waals surface area contributed by atoms with Crippen LogP contribution in [-0.2, 0) is 10.2 Å². The lowest BCUT2D eigenvalue weighted by Crippen LogP contribution is -2.50. The van der Waals surface area contributed by atoms with Crippen LogP contribution in [0.4, 0.5) is 0 Å². The first-order chi connectivity index (χ1) is 9.55. The van der Waals surface area contributed by atoms with Crippen LogP contribution in [0.25, 0.3) is 0 Å². The van der Waals surface area contributed by atoms with Gasteiger partial charge in [-0.1, -0.05) is 13.3 Å². The van der Waals surface area contributed by atoms with Crippen molar-refractivity contribution in [2.75, 3.05) is 26.7 Å². The lowest BCUT2D eigenvalue weighted by atomic mass is 9.91. The van der Waals surface area contributed by atoms with E-state index in [0.717, 1.165) is 51.5 Å². The molecule has 2 fully saturated rings. The Morgan fingerprint density at radius 2 is 1.70 bits per heavy atom. The van der Waals surface area contributed by atoms with Gasteiger partial charge in [-0.3, -0.25) is 0 Å². The largest absolute Gasteiger partial charge is 0.314 e. The predicted octanol–water partition coefficient (Wildman–Crippen LogP) is 1.57. The molecule has 1 saturated heterocycles. The molecule has 1 heterocycles. The first-order valence-corrected chi connectivity index (χ1v) is 9.42. The highest BCUT2D eigenvalue weighted by molar-refractivity contribution is 7.86. The minimum absolute atomic E-state index is 0.178. The molecule has 6 heteroatoms. The third-order valence-electron chi connectivity index (χ3n) is 4.71. The molecule has 0 aromatic heterocycles. The molecule has 0 unspecified atom stereocenters. The van der Waals surface area contributed by atoms with Crippen LogP contribution >= 0.6 is 0 Å². The monoisotopic (exact) mass is 303 g/mol. The van der Waals surface area contributed by atoms with Gasteiger partial charge in [-0.05, 0) is 45.1 Å². The Kier molecular flexibility index (Phi) is 5.84. The first kappa shape index (κ1) is 16.2. The van der Waals surface area contributed by atoms with E-state index >= 15 is 0 Å². The Bertz CT molecular complexity index is 385. The van der Waals surface area contributed by atoms with Gasteiger partial charge in [0.2, 0.25) is 0 Å². The van der Waals surface area contributed by atoms with E-state index in [4.69, 9.17) is 0 Å². The molecule has 0 amide bonds.